The monoisotopic (exact) mass is 194 g/mol. The van der Waals surface area contributed by atoms with Gasteiger partial charge in [-0.3, -0.25) is 4.68 Å². The molecule has 2 rings (SSSR count). The maximum absolute atomic E-state index is 5.57. The lowest BCUT2D eigenvalue weighted by atomic mass is 10.3. The summed E-state index contributed by atoms with van der Waals surface area (Å²) in [6, 6.07) is 0.611. The summed E-state index contributed by atoms with van der Waals surface area (Å²) in [5, 5.41) is 4.34. The van der Waals surface area contributed by atoms with E-state index in [4.69, 9.17) is 4.74 Å². The van der Waals surface area contributed by atoms with Crippen LogP contribution in [-0.4, -0.2) is 15.9 Å². The molecule has 1 aromatic rings. The van der Waals surface area contributed by atoms with E-state index in [-0.39, 0.29) is 6.10 Å². The van der Waals surface area contributed by atoms with Gasteiger partial charge in [-0.05, 0) is 26.7 Å². The second-order valence-electron chi connectivity index (χ2n) is 4.26. The zero-order valence-corrected chi connectivity index (χ0v) is 8.94. The maximum Gasteiger partial charge on any atom is 0.157 e. The van der Waals surface area contributed by atoms with Crippen LogP contribution < -0.4 is 4.74 Å². The highest BCUT2D eigenvalue weighted by Gasteiger charge is 2.17. The van der Waals surface area contributed by atoms with E-state index in [2.05, 4.69) is 9.78 Å². The van der Waals surface area contributed by atoms with Crippen LogP contribution in [0.2, 0.25) is 0 Å². The van der Waals surface area contributed by atoms with Gasteiger partial charge in [0.05, 0.1) is 24.5 Å². The molecule has 1 aliphatic rings. The van der Waals surface area contributed by atoms with Crippen LogP contribution in [0.1, 0.15) is 45.6 Å². The average Bonchev–Trinajstić information content (AvgIpc) is 2.69. The van der Waals surface area contributed by atoms with Crippen molar-refractivity contribution in [3.8, 4) is 5.75 Å². The lowest BCUT2D eigenvalue weighted by molar-refractivity contribution is 0.242. The van der Waals surface area contributed by atoms with E-state index in [9.17, 15) is 0 Å². The minimum absolute atomic E-state index is 0.233. The Labute approximate surface area is 85.1 Å². The lowest BCUT2D eigenvalue weighted by Gasteiger charge is -2.09. The summed E-state index contributed by atoms with van der Waals surface area (Å²) >= 11 is 0. The highest BCUT2D eigenvalue weighted by Crippen LogP contribution is 2.29. The molecule has 3 nitrogen and oxygen atoms in total. The smallest absolute Gasteiger partial charge is 0.157 e. The highest BCUT2D eigenvalue weighted by atomic mass is 16.5. The van der Waals surface area contributed by atoms with E-state index >= 15 is 0 Å². The van der Waals surface area contributed by atoms with Crippen LogP contribution in [0.4, 0.5) is 0 Å². The normalized spacial score (nSPS) is 17.9. The van der Waals surface area contributed by atoms with Gasteiger partial charge in [0.15, 0.2) is 5.75 Å². The van der Waals surface area contributed by atoms with Crippen molar-refractivity contribution < 1.29 is 4.74 Å². The molecule has 0 amide bonds. The molecule has 0 atom stereocenters. The third-order valence-corrected chi connectivity index (χ3v) is 2.65. The largest absolute Gasteiger partial charge is 0.488 e. The van der Waals surface area contributed by atoms with Crippen molar-refractivity contribution in [1.29, 1.82) is 0 Å². The van der Waals surface area contributed by atoms with Crippen LogP contribution in [0.3, 0.4) is 0 Å². The summed E-state index contributed by atoms with van der Waals surface area (Å²) in [5.74, 6) is 0.895. The first-order valence-electron chi connectivity index (χ1n) is 5.46. The van der Waals surface area contributed by atoms with Crippen molar-refractivity contribution >= 4 is 0 Å². The standard InChI is InChI=1S/C11H18N2O/c1-9(2)14-11-7-12-13(8-11)10-5-3-4-6-10/h7-10H,3-6H2,1-2H3. The van der Waals surface area contributed by atoms with E-state index in [1.54, 1.807) is 0 Å². The minimum atomic E-state index is 0.233. The van der Waals surface area contributed by atoms with Gasteiger partial charge in [0.2, 0.25) is 0 Å². The minimum Gasteiger partial charge on any atom is -0.488 e. The molecule has 0 saturated heterocycles. The number of nitrogens with zero attached hydrogens (tertiary/aromatic N) is 2. The molecular formula is C11H18N2O. The van der Waals surface area contributed by atoms with E-state index in [0.29, 0.717) is 6.04 Å². The Morgan fingerprint density at radius 1 is 1.43 bits per heavy atom. The Hall–Kier alpha value is -0.990. The lowest BCUT2D eigenvalue weighted by Crippen LogP contribution is -2.06. The van der Waals surface area contributed by atoms with Gasteiger partial charge in [-0.1, -0.05) is 12.8 Å². The molecule has 0 spiro atoms. The van der Waals surface area contributed by atoms with Crippen molar-refractivity contribution in [2.75, 3.05) is 0 Å². The van der Waals surface area contributed by atoms with Crippen molar-refractivity contribution in [2.45, 2.75) is 51.7 Å². The van der Waals surface area contributed by atoms with Gasteiger partial charge < -0.3 is 4.74 Å². The first-order chi connectivity index (χ1) is 6.75. The topological polar surface area (TPSA) is 27.1 Å². The van der Waals surface area contributed by atoms with E-state index in [1.165, 1.54) is 25.7 Å². The second-order valence-corrected chi connectivity index (χ2v) is 4.26. The van der Waals surface area contributed by atoms with E-state index in [0.717, 1.165) is 5.75 Å². The molecule has 1 aromatic heterocycles. The van der Waals surface area contributed by atoms with Crippen molar-refractivity contribution in [2.24, 2.45) is 0 Å². The molecule has 1 fully saturated rings. The first kappa shape index (κ1) is 9.56. The molecule has 0 bridgehead atoms. The number of rotatable bonds is 3. The van der Waals surface area contributed by atoms with Gasteiger partial charge in [0.1, 0.15) is 0 Å². The Morgan fingerprint density at radius 3 is 2.79 bits per heavy atom. The van der Waals surface area contributed by atoms with Crippen LogP contribution in [0.5, 0.6) is 5.75 Å². The van der Waals surface area contributed by atoms with Gasteiger partial charge >= 0.3 is 0 Å². The Morgan fingerprint density at radius 2 is 2.14 bits per heavy atom. The molecule has 0 unspecified atom stereocenters. The van der Waals surface area contributed by atoms with E-state index < -0.39 is 0 Å². The Kier molecular flexibility index (Phi) is 2.75. The second kappa shape index (κ2) is 4.03. The average molecular weight is 194 g/mol. The molecule has 0 aromatic carbocycles. The fourth-order valence-electron chi connectivity index (χ4n) is 2.02. The molecule has 0 N–H and O–H groups in total. The Balaban J connectivity index is 2.01. The molecule has 1 aliphatic carbocycles. The number of hydrogen-bond acceptors (Lipinski definition) is 2. The molecule has 3 heteroatoms. The SMILES string of the molecule is CC(C)Oc1cnn(C2CCCC2)c1. The fraction of sp³-hybridized carbons (Fsp3) is 0.727. The molecule has 78 valence electrons. The van der Waals surface area contributed by atoms with Gasteiger partial charge in [-0.15, -0.1) is 0 Å². The number of hydrogen-bond donors (Lipinski definition) is 0. The van der Waals surface area contributed by atoms with Gasteiger partial charge in [-0.25, -0.2) is 0 Å². The molecule has 0 aliphatic heterocycles. The third-order valence-electron chi connectivity index (χ3n) is 2.65. The molecule has 1 heterocycles. The maximum atomic E-state index is 5.57. The van der Waals surface area contributed by atoms with Crippen LogP contribution in [0.15, 0.2) is 12.4 Å². The predicted molar refractivity (Wildman–Crippen MR) is 55.5 cm³/mol. The summed E-state index contributed by atoms with van der Waals surface area (Å²) in [5.41, 5.74) is 0. The quantitative estimate of drug-likeness (QED) is 0.739. The zero-order chi connectivity index (χ0) is 9.97. The summed E-state index contributed by atoms with van der Waals surface area (Å²) in [4.78, 5) is 0. The molecule has 1 saturated carbocycles. The van der Waals surface area contributed by atoms with Crippen LogP contribution in [-0.2, 0) is 0 Å². The summed E-state index contributed by atoms with van der Waals surface area (Å²) in [6.07, 6.45) is 9.28. The van der Waals surface area contributed by atoms with E-state index in [1.807, 2.05) is 26.2 Å². The van der Waals surface area contributed by atoms with Gasteiger partial charge in [-0.2, -0.15) is 5.10 Å². The molecule has 14 heavy (non-hydrogen) atoms. The van der Waals surface area contributed by atoms with Crippen molar-refractivity contribution in [3.63, 3.8) is 0 Å². The van der Waals surface area contributed by atoms with Crippen molar-refractivity contribution in [1.82, 2.24) is 9.78 Å². The Bertz CT molecular complexity index is 287. The first-order valence-corrected chi connectivity index (χ1v) is 5.46. The van der Waals surface area contributed by atoms with Gasteiger partial charge in [0, 0.05) is 0 Å². The predicted octanol–water partition coefficient (Wildman–Crippen LogP) is 2.79. The van der Waals surface area contributed by atoms with Crippen LogP contribution in [0, 0.1) is 0 Å². The highest BCUT2D eigenvalue weighted by molar-refractivity contribution is 5.12. The van der Waals surface area contributed by atoms with Crippen LogP contribution in [0.25, 0.3) is 0 Å². The zero-order valence-electron chi connectivity index (χ0n) is 8.94. The summed E-state index contributed by atoms with van der Waals surface area (Å²) in [7, 11) is 0. The number of aromatic nitrogens is 2. The summed E-state index contributed by atoms with van der Waals surface area (Å²) < 4.78 is 7.63. The number of ether oxygens (including phenoxy) is 1. The molecule has 0 radical (unpaired) electrons. The molecular weight excluding hydrogens is 176 g/mol. The van der Waals surface area contributed by atoms with Gasteiger partial charge in [0.25, 0.3) is 0 Å². The van der Waals surface area contributed by atoms with Crippen LogP contribution >= 0.6 is 0 Å². The third kappa shape index (κ3) is 2.08. The summed E-state index contributed by atoms with van der Waals surface area (Å²) in [6.45, 7) is 4.07. The van der Waals surface area contributed by atoms with Crippen molar-refractivity contribution in [3.05, 3.63) is 12.4 Å². The fourth-order valence-corrected chi connectivity index (χ4v) is 2.02.